The molecule has 8 unspecified atom stereocenters. The molecule has 0 bridgehead atoms. The lowest BCUT2D eigenvalue weighted by molar-refractivity contribution is -0.298. The van der Waals surface area contributed by atoms with E-state index in [1.54, 1.807) is 6.08 Å². The van der Waals surface area contributed by atoms with E-state index in [0.717, 1.165) is 51.4 Å². The Kier molecular flexibility index (Phi) is 34.5. The van der Waals surface area contributed by atoms with Crippen molar-refractivity contribution in [3.63, 3.8) is 0 Å². The second-order valence-corrected chi connectivity index (χ2v) is 17.5. The molecule has 7 N–H and O–H groups in total. The van der Waals surface area contributed by atoms with Crippen LogP contribution in [0.15, 0.2) is 36.5 Å². The number of hydrogen-bond acceptors (Lipinski definition) is 11. The molecule has 60 heavy (non-hydrogen) atoms. The van der Waals surface area contributed by atoms with Gasteiger partial charge in [0.25, 0.3) is 0 Å². The minimum atomic E-state index is -5.12. The van der Waals surface area contributed by atoms with Crippen LogP contribution in [0.3, 0.4) is 0 Å². The quantitative estimate of drug-likeness (QED) is 0.0178. The van der Waals surface area contributed by atoms with Gasteiger partial charge < -0.3 is 40.3 Å². The van der Waals surface area contributed by atoms with Crippen LogP contribution in [0.25, 0.3) is 0 Å². The van der Waals surface area contributed by atoms with Gasteiger partial charge in [0.05, 0.1) is 25.4 Å². The largest absolute Gasteiger partial charge is 0.397 e. The minimum absolute atomic E-state index is 0.221. The van der Waals surface area contributed by atoms with E-state index in [0.29, 0.717) is 12.8 Å². The van der Waals surface area contributed by atoms with E-state index >= 15 is 0 Å². The number of carbonyl (C=O) groups excluding carboxylic acids is 1. The van der Waals surface area contributed by atoms with Crippen LogP contribution in [0.4, 0.5) is 0 Å². The third-order valence-electron chi connectivity index (χ3n) is 11.0. The summed E-state index contributed by atoms with van der Waals surface area (Å²) in [4.78, 5) is 13.1. The number of nitrogens with one attached hydrogen (secondary N) is 1. The Morgan fingerprint density at radius 3 is 1.63 bits per heavy atom. The van der Waals surface area contributed by atoms with Crippen molar-refractivity contribution in [3.8, 4) is 0 Å². The van der Waals surface area contributed by atoms with E-state index in [1.165, 1.54) is 109 Å². The van der Waals surface area contributed by atoms with Crippen LogP contribution in [0.1, 0.15) is 187 Å². The van der Waals surface area contributed by atoms with E-state index in [4.69, 9.17) is 9.47 Å². The smallest absolute Gasteiger partial charge is 0.394 e. The molecule has 1 rings (SSSR count). The van der Waals surface area contributed by atoms with Crippen LogP contribution < -0.4 is 5.32 Å². The number of amides is 1. The van der Waals surface area contributed by atoms with Crippen molar-refractivity contribution < 1.29 is 57.0 Å². The lowest BCUT2D eigenvalue weighted by atomic mass is 9.99. The van der Waals surface area contributed by atoms with Gasteiger partial charge in [-0.3, -0.25) is 9.35 Å². The van der Waals surface area contributed by atoms with E-state index in [1.807, 2.05) is 0 Å². The highest BCUT2D eigenvalue weighted by atomic mass is 32.3. The molecule has 1 aliphatic rings. The molecule has 0 aliphatic carbocycles. The van der Waals surface area contributed by atoms with Crippen molar-refractivity contribution in [1.82, 2.24) is 5.32 Å². The van der Waals surface area contributed by atoms with Gasteiger partial charge in [-0.1, -0.05) is 166 Å². The van der Waals surface area contributed by atoms with Crippen LogP contribution in [0.5, 0.6) is 0 Å². The third-order valence-corrected chi connectivity index (χ3v) is 11.5. The lowest BCUT2D eigenvalue weighted by Gasteiger charge is -2.41. The Morgan fingerprint density at radius 2 is 1.12 bits per heavy atom. The Labute approximate surface area is 363 Å². The number of allylic oxidation sites excluding steroid dienone is 5. The highest BCUT2D eigenvalue weighted by Gasteiger charge is 2.48. The zero-order valence-electron chi connectivity index (χ0n) is 37.1. The normalized spacial score (nSPS) is 21.6. The number of carbonyl (C=O) groups is 1. The Hall–Kier alpha value is -1.72. The van der Waals surface area contributed by atoms with Gasteiger partial charge in [0.15, 0.2) is 6.29 Å². The summed E-state index contributed by atoms with van der Waals surface area (Å²) < 4.78 is 47.4. The third kappa shape index (κ3) is 28.8. The SMILES string of the molecule is CCCCC/C=C\CCCCCCC(O)C(=O)NC(COC1OC(CO)C(O)C(OS(=O)(=O)O)C1O)C(O)/C=C/CC/C=C/CCCCCCCCCCCCCCCC. The van der Waals surface area contributed by atoms with Gasteiger partial charge in [-0.05, 0) is 57.8 Å². The number of rotatable bonds is 39. The standard InChI is InChI=1S/C46H85NO12S/c1-3-5-7-9-11-13-15-16-17-18-19-20-21-22-23-25-26-28-30-32-34-39(49)38(37-57-46-43(52)44(59-60(54,55)56)42(51)41(36-48)58-46)47-45(53)40(50)35-33-31-29-27-24-14-12-10-8-6-4-2/h12,14,25-26,32,34,38-44,46,48-52H,3-11,13,15-24,27-31,33,35-37H2,1-2H3,(H,47,53)(H,54,55,56)/b14-12-,26-25+,34-32+. The summed E-state index contributed by atoms with van der Waals surface area (Å²) in [5.74, 6) is -0.723. The van der Waals surface area contributed by atoms with Crippen LogP contribution in [-0.2, 0) is 28.9 Å². The van der Waals surface area contributed by atoms with E-state index in [-0.39, 0.29) is 6.42 Å². The van der Waals surface area contributed by atoms with Crippen molar-refractivity contribution in [2.75, 3.05) is 13.2 Å². The summed E-state index contributed by atoms with van der Waals surface area (Å²) >= 11 is 0. The van der Waals surface area contributed by atoms with Gasteiger partial charge in [-0.25, -0.2) is 4.18 Å². The number of unbranched alkanes of at least 4 members (excludes halogenated alkanes) is 22. The summed E-state index contributed by atoms with van der Waals surface area (Å²) in [7, 11) is -5.12. The van der Waals surface area contributed by atoms with E-state index < -0.39 is 78.5 Å². The summed E-state index contributed by atoms with van der Waals surface area (Å²) in [6, 6.07) is -1.14. The van der Waals surface area contributed by atoms with Crippen LogP contribution >= 0.6 is 0 Å². The number of aliphatic hydroxyl groups excluding tert-OH is 5. The first-order valence-electron chi connectivity index (χ1n) is 23.5. The molecular weight excluding hydrogens is 791 g/mol. The van der Waals surface area contributed by atoms with Crippen LogP contribution in [0, 0.1) is 0 Å². The molecule has 0 radical (unpaired) electrons. The Morgan fingerprint density at radius 1 is 0.667 bits per heavy atom. The number of hydrogen-bond donors (Lipinski definition) is 7. The molecule has 1 aliphatic heterocycles. The van der Waals surface area contributed by atoms with Gasteiger partial charge >= 0.3 is 10.4 Å². The highest BCUT2D eigenvalue weighted by Crippen LogP contribution is 2.26. The average molecular weight is 876 g/mol. The Balaban J connectivity index is 2.59. The van der Waals surface area contributed by atoms with Crippen LogP contribution in [-0.4, -0.2) is 107 Å². The van der Waals surface area contributed by atoms with Gasteiger partial charge in [0, 0.05) is 0 Å². The average Bonchev–Trinajstić information content (AvgIpc) is 3.22. The zero-order valence-corrected chi connectivity index (χ0v) is 37.9. The van der Waals surface area contributed by atoms with Gasteiger partial charge in [0.2, 0.25) is 5.91 Å². The molecule has 1 fully saturated rings. The molecule has 0 spiro atoms. The molecule has 13 nitrogen and oxygen atoms in total. The van der Waals surface area contributed by atoms with E-state index in [9.17, 15) is 43.3 Å². The summed E-state index contributed by atoms with van der Waals surface area (Å²) in [5, 5.41) is 55.1. The van der Waals surface area contributed by atoms with Crippen molar-refractivity contribution in [1.29, 1.82) is 0 Å². The molecule has 352 valence electrons. The van der Waals surface area contributed by atoms with Gasteiger partial charge in [0.1, 0.15) is 30.5 Å². The maximum absolute atomic E-state index is 13.1. The first kappa shape index (κ1) is 56.3. The molecule has 8 atom stereocenters. The predicted octanol–water partition coefficient (Wildman–Crippen LogP) is 8.08. The van der Waals surface area contributed by atoms with Crippen LogP contribution in [0.2, 0.25) is 0 Å². The lowest BCUT2D eigenvalue weighted by Crippen LogP contribution is -2.61. The second kappa shape index (κ2) is 36.7. The Bertz CT molecular complexity index is 1230. The van der Waals surface area contributed by atoms with Gasteiger partial charge in [-0.2, -0.15) is 8.42 Å². The summed E-state index contributed by atoms with van der Waals surface area (Å²) in [6.07, 6.45) is 31.0. The summed E-state index contributed by atoms with van der Waals surface area (Å²) in [5.41, 5.74) is 0. The second-order valence-electron chi connectivity index (χ2n) is 16.5. The zero-order chi connectivity index (χ0) is 44.3. The van der Waals surface area contributed by atoms with Crippen molar-refractivity contribution in [2.45, 2.75) is 236 Å². The molecule has 0 aromatic heterocycles. The molecule has 1 saturated heterocycles. The first-order chi connectivity index (χ1) is 28.9. The molecule has 0 aromatic carbocycles. The monoisotopic (exact) mass is 876 g/mol. The fourth-order valence-corrected chi connectivity index (χ4v) is 7.74. The van der Waals surface area contributed by atoms with E-state index in [2.05, 4.69) is 47.7 Å². The molecule has 1 heterocycles. The highest BCUT2D eigenvalue weighted by molar-refractivity contribution is 7.80. The molecule has 14 heteroatoms. The fraction of sp³-hybridized carbons (Fsp3) is 0.848. The molecule has 0 saturated carbocycles. The maximum Gasteiger partial charge on any atom is 0.397 e. The van der Waals surface area contributed by atoms with Crippen molar-refractivity contribution >= 4 is 16.3 Å². The topological polar surface area (TPSA) is 212 Å². The maximum atomic E-state index is 13.1. The minimum Gasteiger partial charge on any atom is -0.394 e. The first-order valence-corrected chi connectivity index (χ1v) is 24.8. The number of aliphatic hydroxyl groups is 5. The van der Waals surface area contributed by atoms with Crippen molar-refractivity contribution in [3.05, 3.63) is 36.5 Å². The van der Waals surface area contributed by atoms with Gasteiger partial charge in [-0.15, -0.1) is 0 Å². The predicted molar refractivity (Wildman–Crippen MR) is 238 cm³/mol. The summed E-state index contributed by atoms with van der Waals surface area (Å²) in [6.45, 7) is 3.16. The molecule has 1 amide bonds. The molecular formula is C46H85NO12S. The van der Waals surface area contributed by atoms with Crippen molar-refractivity contribution in [2.24, 2.45) is 0 Å². The molecule has 0 aromatic rings. The number of ether oxygens (including phenoxy) is 2. The fourth-order valence-electron chi connectivity index (χ4n) is 7.24.